The number of likely N-dealkylation sites (tertiary alicyclic amines) is 1. The van der Waals surface area contributed by atoms with Crippen LogP contribution in [0.3, 0.4) is 0 Å². The molecule has 0 radical (unpaired) electrons. The summed E-state index contributed by atoms with van der Waals surface area (Å²) in [4.78, 5) is 2.56. The Hall–Kier alpha value is -1.62. The molecule has 108 valence electrons. The summed E-state index contributed by atoms with van der Waals surface area (Å²) in [7, 11) is 0. The van der Waals surface area contributed by atoms with Gasteiger partial charge in [0.1, 0.15) is 0 Å². The van der Waals surface area contributed by atoms with E-state index in [2.05, 4.69) is 40.2 Å². The summed E-state index contributed by atoms with van der Waals surface area (Å²) < 4.78 is 2.00. The summed E-state index contributed by atoms with van der Waals surface area (Å²) >= 11 is 0. The Balaban J connectivity index is 1.77. The molecule has 0 unspecified atom stereocenters. The van der Waals surface area contributed by atoms with Gasteiger partial charge in [0, 0.05) is 24.8 Å². The lowest BCUT2D eigenvalue weighted by molar-refractivity contribution is 0.136. The van der Waals surface area contributed by atoms with Crippen molar-refractivity contribution in [3.05, 3.63) is 35.4 Å². The number of aromatic nitrogens is 4. The quantitative estimate of drug-likeness (QED) is 0.931. The number of aromatic amines is 1. The molecule has 0 saturated carbocycles. The van der Waals surface area contributed by atoms with Crippen molar-refractivity contribution < 1.29 is 0 Å². The van der Waals surface area contributed by atoms with E-state index in [4.69, 9.17) is 0 Å². The molecular formula is C15H23N5. The van der Waals surface area contributed by atoms with Gasteiger partial charge in [0.05, 0.1) is 24.1 Å². The minimum absolute atomic E-state index is 0.469. The van der Waals surface area contributed by atoms with Crippen LogP contribution < -0.4 is 0 Å². The Morgan fingerprint density at radius 3 is 2.95 bits per heavy atom. The van der Waals surface area contributed by atoms with Gasteiger partial charge < -0.3 is 0 Å². The van der Waals surface area contributed by atoms with E-state index < -0.39 is 0 Å². The van der Waals surface area contributed by atoms with Crippen LogP contribution in [0.1, 0.15) is 49.0 Å². The Kier molecular flexibility index (Phi) is 3.87. The summed E-state index contributed by atoms with van der Waals surface area (Å²) in [6.07, 6.45) is 9.88. The molecule has 1 N–H and O–H groups in total. The summed E-state index contributed by atoms with van der Waals surface area (Å²) in [5, 5.41) is 11.8. The molecule has 1 atom stereocenters. The van der Waals surface area contributed by atoms with E-state index in [0.717, 1.165) is 19.6 Å². The predicted octanol–water partition coefficient (Wildman–Crippen LogP) is 2.66. The molecule has 0 aromatic carbocycles. The molecule has 0 spiro atoms. The minimum atomic E-state index is 0.469. The third-order valence-electron chi connectivity index (χ3n) is 4.21. The molecule has 0 bridgehead atoms. The van der Waals surface area contributed by atoms with E-state index in [1.807, 2.05) is 17.1 Å². The Morgan fingerprint density at radius 1 is 1.35 bits per heavy atom. The summed E-state index contributed by atoms with van der Waals surface area (Å²) in [5.41, 5.74) is 3.86. The zero-order chi connectivity index (χ0) is 13.9. The number of hydrogen-bond acceptors (Lipinski definition) is 3. The van der Waals surface area contributed by atoms with Crippen molar-refractivity contribution in [1.29, 1.82) is 0 Å². The third kappa shape index (κ3) is 2.63. The van der Waals surface area contributed by atoms with Gasteiger partial charge in [-0.1, -0.05) is 6.42 Å². The summed E-state index contributed by atoms with van der Waals surface area (Å²) in [6, 6.07) is 0.469. The van der Waals surface area contributed by atoms with Crippen LogP contribution in [0.25, 0.3) is 0 Å². The van der Waals surface area contributed by atoms with Gasteiger partial charge in [0.2, 0.25) is 0 Å². The molecule has 1 aliphatic rings. The zero-order valence-corrected chi connectivity index (χ0v) is 12.3. The molecule has 0 aliphatic carbocycles. The maximum atomic E-state index is 4.38. The molecule has 2 aromatic heterocycles. The van der Waals surface area contributed by atoms with Gasteiger partial charge in [-0.2, -0.15) is 10.2 Å². The smallest absolute Gasteiger partial charge is 0.0553 e. The van der Waals surface area contributed by atoms with E-state index in [1.165, 1.54) is 36.1 Å². The lowest BCUT2D eigenvalue weighted by atomic mass is 9.97. The number of aryl methyl sites for hydroxylation is 2. The number of nitrogens with zero attached hydrogens (tertiary/aromatic N) is 4. The van der Waals surface area contributed by atoms with Gasteiger partial charge in [-0.3, -0.25) is 14.7 Å². The van der Waals surface area contributed by atoms with Crippen molar-refractivity contribution in [3.63, 3.8) is 0 Å². The fourth-order valence-electron chi connectivity index (χ4n) is 3.10. The highest BCUT2D eigenvalue weighted by molar-refractivity contribution is 5.19. The van der Waals surface area contributed by atoms with Crippen molar-refractivity contribution in [2.45, 2.75) is 52.2 Å². The third-order valence-corrected chi connectivity index (χ3v) is 4.21. The van der Waals surface area contributed by atoms with Gasteiger partial charge in [-0.25, -0.2) is 0 Å². The standard InChI is InChI=1S/C15H23N5/c1-3-20-11-13(9-17-20)10-19-7-5-4-6-14(19)15-12(2)8-16-18-15/h8-9,11,14H,3-7,10H2,1-2H3,(H,16,18)/t14-/m1/s1. The molecule has 20 heavy (non-hydrogen) atoms. The average molecular weight is 273 g/mol. The fraction of sp³-hybridized carbons (Fsp3) is 0.600. The van der Waals surface area contributed by atoms with Gasteiger partial charge in [0.25, 0.3) is 0 Å². The van der Waals surface area contributed by atoms with E-state index >= 15 is 0 Å². The van der Waals surface area contributed by atoms with Crippen LogP contribution in [0, 0.1) is 6.92 Å². The van der Waals surface area contributed by atoms with E-state index in [9.17, 15) is 0 Å². The number of rotatable bonds is 4. The maximum Gasteiger partial charge on any atom is 0.0553 e. The van der Waals surface area contributed by atoms with Crippen LogP contribution in [-0.4, -0.2) is 31.4 Å². The van der Waals surface area contributed by atoms with Crippen molar-refractivity contribution >= 4 is 0 Å². The number of hydrogen-bond donors (Lipinski definition) is 1. The molecule has 1 aliphatic heterocycles. The minimum Gasteiger partial charge on any atom is -0.290 e. The molecule has 2 aromatic rings. The van der Waals surface area contributed by atoms with E-state index in [1.54, 1.807) is 0 Å². The largest absolute Gasteiger partial charge is 0.290 e. The molecule has 5 heteroatoms. The van der Waals surface area contributed by atoms with Gasteiger partial charge in [-0.15, -0.1) is 0 Å². The fourth-order valence-corrected chi connectivity index (χ4v) is 3.10. The van der Waals surface area contributed by atoms with Crippen molar-refractivity contribution in [2.24, 2.45) is 0 Å². The lowest BCUT2D eigenvalue weighted by Gasteiger charge is -2.35. The average Bonchev–Trinajstić information content (AvgIpc) is 3.08. The molecule has 3 rings (SSSR count). The van der Waals surface area contributed by atoms with Crippen LogP contribution in [0.4, 0.5) is 0 Å². The first-order chi connectivity index (χ1) is 9.78. The number of H-pyrrole nitrogens is 1. The second-order valence-electron chi connectivity index (χ2n) is 5.65. The van der Waals surface area contributed by atoms with Crippen LogP contribution in [0.15, 0.2) is 18.6 Å². The van der Waals surface area contributed by atoms with Crippen LogP contribution >= 0.6 is 0 Å². The zero-order valence-electron chi connectivity index (χ0n) is 12.3. The topological polar surface area (TPSA) is 49.7 Å². The Labute approximate surface area is 120 Å². The highest BCUT2D eigenvalue weighted by atomic mass is 15.3. The van der Waals surface area contributed by atoms with Crippen molar-refractivity contribution in [1.82, 2.24) is 24.9 Å². The summed E-state index contributed by atoms with van der Waals surface area (Å²) in [6.45, 7) is 7.32. The highest BCUT2D eigenvalue weighted by Crippen LogP contribution is 2.32. The Morgan fingerprint density at radius 2 is 2.25 bits per heavy atom. The first-order valence-electron chi connectivity index (χ1n) is 7.53. The van der Waals surface area contributed by atoms with Crippen molar-refractivity contribution in [3.8, 4) is 0 Å². The van der Waals surface area contributed by atoms with Crippen LogP contribution in [0.2, 0.25) is 0 Å². The number of piperidine rings is 1. The first-order valence-corrected chi connectivity index (χ1v) is 7.53. The van der Waals surface area contributed by atoms with Crippen LogP contribution in [-0.2, 0) is 13.1 Å². The maximum absolute atomic E-state index is 4.38. The molecule has 5 nitrogen and oxygen atoms in total. The monoisotopic (exact) mass is 273 g/mol. The molecule has 0 amide bonds. The van der Waals surface area contributed by atoms with Crippen LogP contribution in [0.5, 0.6) is 0 Å². The van der Waals surface area contributed by atoms with Gasteiger partial charge in [-0.05, 0) is 38.8 Å². The molecular weight excluding hydrogens is 250 g/mol. The second kappa shape index (κ2) is 5.79. The molecule has 1 fully saturated rings. The van der Waals surface area contributed by atoms with Gasteiger partial charge >= 0.3 is 0 Å². The predicted molar refractivity (Wildman–Crippen MR) is 78.2 cm³/mol. The van der Waals surface area contributed by atoms with Crippen molar-refractivity contribution in [2.75, 3.05) is 6.54 Å². The lowest BCUT2D eigenvalue weighted by Crippen LogP contribution is -2.33. The molecule has 1 saturated heterocycles. The first kappa shape index (κ1) is 13.4. The highest BCUT2D eigenvalue weighted by Gasteiger charge is 2.26. The normalized spacial score (nSPS) is 20.4. The SMILES string of the molecule is CCn1cc(CN2CCCC[C@@H]2c2[nH]ncc2C)cn1. The number of nitrogens with one attached hydrogen (secondary N) is 1. The second-order valence-corrected chi connectivity index (χ2v) is 5.65. The van der Waals surface area contributed by atoms with E-state index in [0.29, 0.717) is 6.04 Å². The summed E-state index contributed by atoms with van der Waals surface area (Å²) in [5.74, 6) is 0. The molecule has 3 heterocycles. The Bertz CT molecular complexity index is 556. The van der Waals surface area contributed by atoms with E-state index in [-0.39, 0.29) is 0 Å². The van der Waals surface area contributed by atoms with Gasteiger partial charge in [0.15, 0.2) is 0 Å².